The van der Waals surface area contributed by atoms with Crippen molar-refractivity contribution in [3.05, 3.63) is 24.3 Å². The second-order valence-electron chi connectivity index (χ2n) is 1.63. The maximum Gasteiger partial charge on any atom is 1.00 e. The topological polar surface area (TPSA) is 52.0 Å². The fraction of sp³-hybridized carbons (Fsp3) is 0. The van der Waals surface area contributed by atoms with Crippen molar-refractivity contribution >= 4 is 24.9 Å². The molecular weight excluding hydrogens is 178 g/mol. The molecule has 0 aliphatic rings. The van der Waals surface area contributed by atoms with Crippen molar-refractivity contribution in [1.82, 2.24) is 0 Å². The fourth-order valence-electron chi connectivity index (χ4n) is 0.511. The minimum absolute atomic E-state index is 0. The smallest absolute Gasteiger partial charge is 1.00 e. The summed E-state index contributed by atoms with van der Waals surface area (Å²) in [5, 5.41) is 0. The van der Waals surface area contributed by atoms with Crippen LogP contribution in [0.4, 0.5) is 11.4 Å². The van der Waals surface area contributed by atoms with Gasteiger partial charge in [-0.3, -0.25) is 0 Å². The first kappa shape index (κ1) is 18.1. The van der Waals surface area contributed by atoms with Crippen LogP contribution in [0.2, 0.25) is 0 Å². The summed E-state index contributed by atoms with van der Waals surface area (Å²) in [5.41, 5.74) is 12.1. The molecular formula is C6H8N2Na2S. The van der Waals surface area contributed by atoms with Crippen LogP contribution in [-0.2, 0) is 13.5 Å². The second kappa shape index (κ2) is 9.26. The molecule has 0 heterocycles. The molecule has 0 radical (unpaired) electrons. The molecule has 50 valence electrons. The molecule has 0 bridgehead atoms. The molecule has 5 heteroatoms. The van der Waals surface area contributed by atoms with E-state index in [-0.39, 0.29) is 72.6 Å². The van der Waals surface area contributed by atoms with Gasteiger partial charge in [0, 0.05) is 0 Å². The summed E-state index contributed by atoms with van der Waals surface area (Å²) in [6, 6.07) is 7.25. The van der Waals surface area contributed by atoms with E-state index in [1.807, 2.05) is 12.1 Å². The van der Waals surface area contributed by atoms with Gasteiger partial charge in [0.2, 0.25) is 0 Å². The van der Waals surface area contributed by atoms with Crippen LogP contribution in [0.1, 0.15) is 0 Å². The number of anilines is 2. The van der Waals surface area contributed by atoms with E-state index >= 15 is 0 Å². The van der Waals surface area contributed by atoms with Gasteiger partial charge in [0.25, 0.3) is 0 Å². The van der Waals surface area contributed by atoms with Gasteiger partial charge in [-0.15, -0.1) is 0 Å². The van der Waals surface area contributed by atoms with E-state index in [4.69, 9.17) is 11.5 Å². The molecule has 0 saturated carbocycles. The molecule has 0 spiro atoms. The molecule has 1 aromatic rings. The molecule has 11 heavy (non-hydrogen) atoms. The Hall–Kier alpha value is 1.17. The number of para-hydroxylation sites is 2. The average molecular weight is 186 g/mol. The van der Waals surface area contributed by atoms with Crippen molar-refractivity contribution in [3.8, 4) is 0 Å². The van der Waals surface area contributed by atoms with Gasteiger partial charge in [-0.05, 0) is 12.1 Å². The normalized spacial score (nSPS) is 6.55. The van der Waals surface area contributed by atoms with Crippen LogP contribution in [0.5, 0.6) is 0 Å². The molecule has 0 saturated heterocycles. The largest absolute Gasteiger partial charge is 2.00 e. The van der Waals surface area contributed by atoms with Crippen molar-refractivity contribution < 1.29 is 59.1 Å². The van der Waals surface area contributed by atoms with Gasteiger partial charge in [0.1, 0.15) is 0 Å². The predicted molar refractivity (Wildman–Crippen MR) is 42.6 cm³/mol. The van der Waals surface area contributed by atoms with Crippen LogP contribution in [0.25, 0.3) is 0 Å². The summed E-state index contributed by atoms with van der Waals surface area (Å²) in [7, 11) is 0. The molecule has 0 fully saturated rings. The Kier molecular flexibility index (Phi) is 15.2. The van der Waals surface area contributed by atoms with Crippen molar-refractivity contribution in [3.63, 3.8) is 0 Å². The van der Waals surface area contributed by atoms with Crippen LogP contribution >= 0.6 is 0 Å². The zero-order valence-electron chi connectivity index (χ0n) is 6.87. The SMILES string of the molecule is Nc1ccccc1N.[Na+].[Na+].[S-2]. The molecule has 2 nitrogen and oxygen atoms in total. The number of nitrogens with two attached hydrogens (primary N) is 2. The Morgan fingerprint density at radius 1 is 0.818 bits per heavy atom. The Morgan fingerprint density at radius 3 is 1.27 bits per heavy atom. The summed E-state index contributed by atoms with van der Waals surface area (Å²) in [6.07, 6.45) is 0. The summed E-state index contributed by atoms with van der Waals surface area (Å²) < 4.78 is 0. The third kappa shape index (κ3) is 6.34. The monoisotopic (exact) mass is 186 g/mol. The summed E-state index contributed by atoms with van der Waals surface area (Å²) in [6.45, 7) is 0. The van der Waals surface area contributed by atoms with Crippen molar-refractivity contribution in [2.75, 3.05) is 11.5 Å². The van der Waals surface area contributed by atoms with Crippen molar-refractivity contribution in [2.45, 2.75) is 0 Å². The molecule has 0 aliphatic carbocycles. The maximum atomic E-state index is 5.39. The summed E-state index contributed by atoms with van der Waals surface area (Å²) in [5.74, 6) is 0. The Bertz CT molecular complexity index is 175. The van der Waals surface area contributed by atoms with E-state index in [9.17, 15) is 0 Å². The van der Waals surface area contributed by atoms with Crippen LogP contribution in [0.15, 0.2) is 24.3 Å². The average Bonchev–Trinajstić information content (AvgIpc) is 1.77. The van der Waals surface area contributed by atoms with E-state index in [0.29, 0.717) is 11.4 Å². The standard InChI is InChI=1S/C6H8N2.2Na.S/c7-5-3-1-2-4-6(5)8;;;/h1-4H,7-8H2;;;/q;2*+1;-2. The summed E-state index contributed by atoms with van der Waals surface area (Å²) in [4.78, 5) is 0. The molecule has 0 amide bonds. The number of rotatable bonds is 0. The molecule has 0 atom stereocenters. The number of benzene rings is 1. The summed E-state index contributed by atoms with van der Waals surface area (Å²) >= 11 is 0. The Labute approximate surface area is 118 Å². The predicted octanol–water partition coefficient (Wildman–Crippen LogP) is -5.14. The van der Waals surface area contributed by atoms with Gasteiger partial charge in [-0.25, -0.2) is 0 Å². The first-order valence-corrected chi connectivity index (χ1v) is 2.40. The molecule has 1 aromatic carbocycles. The van der Waals surface area contributed by atoms with E-state index in [1.54, 1.807) is 12.1 Å². The quantitative estimate of drug-likeness (QED) is 0.314. The third-order valence-corrected chi connectivity index (χ3v) is 0.996. The Balaban J connectivity index is -0.000000213. The Morgan fingerprint density at radius 2 is 1.09 bits per heavy atom. The van der Waals surface area contributed by atoms with Gasteiger partial charge in [-0.2, -0.15) is 0 Å². The fourth-order valence-corrected chi connectivity index (χ4v) is 0.511. The van der Waals surface area contributed by atoms with Crippen LogP contribution in [0, 0.1) is 0 Å². The van der Waals surface area contributed by atoms with Crippen LogP contribution < -0.4 is 70.6 Å². The van der Waals surface area contributed by atoms with E-state index in [1.165, 1.54) is 0 Å². The number of hydrogen-bond acceptors (Lipinski definition) is 2. The van der Waals surface area contributed by atoms with Gasteiger partial charge < -0.3 is 25.0 Å². The van der Waals surface area contributed by atoms with E-state index in [2.05, 4.69) is 0 Å². The third-order valence-electron chi connectivity index (χ3n) is 0.996. The first-order valence-electron chi connectivity index (χ1n) is 2.40. The zero-order valence-corrected chi connectivity index (χ0v) is 11.7. The van der Waals surface area contributed by atoms with Gasteiger partial charge >= 0.3 is 59.1 Å². The molecule has 0 aromatic heterocycles. The van der Waals surface area contributed by atoms with Gasteiger partial charge in [0.15, 0.2) is 0 Å². The van der Waals surface area contributed by atoms with Gasteiger partial charge in [0.05, 0.1) is 11.4 Å². The minimum atomic E-state index is 0. The number of hydrogen-bond donors (Lipinski definition) is 2. The molecule has 0 aliphatic heterocycles. The van der Waals surface area contributed by atoms with Crippen molar-refractivity contribution in [1.29, 1.82) is 0 Å². The van der Waals surface area contributed by atoms with E-state index in [0.717, 1.165) is 0 Å². The number of nitrogen functional groups attached to an aromatic ring is 2. The van der Waals surface area contributed by atoms with E-state index < -0.39 is 0 Å². The molecule has 4 N–H and O–H groups in total. The minimum Gasteiger partial charge on any atom is -2.00 e. The van der Waals surface area contributed by atoms with Crippen LogP contribution in [-0.4, -0.2) is 0 Å². The molecule has 0 unspecified atom stereocenters. The second-order valence-corrected chi connectivity index (χ2v) is 1.63. The zero-order chi connectivity index (χ0) is 5.98. The first-order chi connectivity index (χ1) is 3.80. The maximum absolute atomic E-state index is 5.39. The van der Waals surface area contributed by atoms with Crippen molar-refractivity contribution in [2.24, 2.45) is 0 Å². The molecule has 1 rings (SSSR count). The van der Waals surface area contributed by atoms with Gasteiger partial charge in [-0.1, -0.05) is 12.1 Å². The van der Waals surface area contributed by atoms with Crippen LogP contribution in [0.3, 0.4) is 0 Å².